The van der Waals surface area contributed by atoms with Gasteiger partial charge >= 0.3 is 4.83 Å². The number of nitrogens with zero attached hydrogens (tertiary/aromatic N) is 1. The number of halogens is 5. The van der Waals surface area contributed by atoms with E-state index in [1.165, 1.54) is 12.1 Å². The molecule has 104 valence electrons. The molecule has 8 heteroatoms. The molecule has 1 aromatic carbocycles. The van der Waals surface area contributed by atoms with Crippen LogP contribution in [0.3, 0.4) is 0 Å². The van der Waals surface area contributed by atoms with E-state index in [0.717, 1.165) is 11.8 Å². The minimum absolute atomic E-state index is 0.00706. The predicted octanol–water partition coefficient (Wildman–Crippen LogP) is 4.77. The van der Waals surface area contributed by atoms with Crippen LogP contribution in [0.4, 0.5) is 17.6 Å². The van der Waals surface area contributed by atoms with Crippen LogP contribution >= 0.6 is 27.7 Å². The summed E-state index contributed by atoms with van der Waals surface area (Å²) in [6.07, 6.45) is -2.66. The third-order valence-corrected chi connectivity index (χ3v) is 3.66. The highest BCUT2D eigenvalue weighted by molar-refractivity contribution is 9.10. The lowest BCUT2D eigenvalue weighted by atomic mass is 10.3. The van der Waals surface area contributed by atoms with Crippen LogP contribution in [-0.2, 0) is 0 Å². The summed E-state index contributed by atoms with van der Waals surface area (Å²) >= 11 is 2.92. The van der Waals surface area contributed by atoms with E-state index in [9.17, 15) is 17.6 Å². The van der Waals surface area contributed by atoms with Crippen molar-refractivity contribution in [2.75, 3.05) is 5.75 Å². The highest BCUT2D eigenvalue weighted by Crippen LogP contribution is 2.32. The Morgan fingerprint density at radius 1 is 1.42 bits per heavy atom. The van der Waals surface area contributed by atoms with Crippen molar-refractivity contribution >= 4 is 38.8 Å². The van der Waals surface area contributed by atoms with Crippen molar-refractivity contribution in [3.8, 4) is 0 Å². The van der Waals surface area contributed by atoms with Crippen LogP contribution in [0.1, 0.15) is 6.42 Å². The van der Waals surface area contributed by atoms with Crippen molar-refractivity contribution in [3.63, 3.8) is 0 Å². The van der Waals surface area contributed by atoms with Crippen LogP contribution in [0.5, 0.6) is 0 Å². The lowest BCUT2D eigenvalue weighted by molar-refractivity contribution is 0.0210. The van der Waals surface area contributed by atoms with Crippen LogP contribution in [0.15, 0.2) is 27.8 Å². The minimum atomic E-state index is -3.54. The number of para-hydroxylation sites is 1. The van der Waals surface area contributed by atoms with Gasteiger partial charge < -0.3 is 4.42 Å². The molecule has 0 spiro atoms. The highest BCUT2D eigenvalue weighted by atomic mass is 79.9. The van der Waals surface area contributed by atoms with Gasteiger partial charge in [0.2, 0.25) is 0 Å². The number of benzene rings is 1. The molecule has 1 heterocycles. The molecule has 1 aromatic heterocycles. The third kappa shape index (κ3) is 3.62. The van der Waals surface area contributed by atoms with Gasteiger partial charge in [0.1, 0.15) is 5.52 Å². The maximum atomic E-state index is 13.3. The normalized spacial score (nSPS) is 13.9. The van der Waals surface area contributed by atoms with E-state index in [-0.39, 0.29) is 23.0 Å². The predicted molar refractivity (Wildman–Crippen MR) is 68.1 cm³/mol. The molecular formula is C11H8BrF4NOS. The second-order valence-corrected chi connectivity index (χ2v) is 5.82. The number of aromatic nitrogens is 1. The molecule has 2 aromatic rings. The first-order valence-electron chi connectivity index (χ1n) is 5.26. The van der Waals surface area contributed by atoms with Gasteiger partial charge in [-0.3, -0.25) is 0 Å². The van der Waals surface area contributed by atoms with Crippen LogP contribution in [0.2, 0.25) is 0 Å². The van der Waals surface area contributed by atoms with Crippen LogP contribution in [0.25, 0.3) is 11.1 Å². The fraction of sp³-hybridized carbons (Fsp3) is 0.364. The van der Waals surface area contributed by atoms with Gasteiger partial charge in [-0.25, -0.2) is 13.8 Å². The smallest absolute Gasteiger partial charge is 0.331 e. The van der Waals surface area contributed by atoms with Gasteiger partial charge in [0, 0.05) is 5.75 Å². The fourth-order valence-electron chi connectivity index (χ4n) is 1.37. The minimum Gasteiger partial charge on any atom is -0.428 e. The van der Waals surface area contributed by atoms with Crippen molar-refractivity contribution in [3.05, 3.63) is 24.0 Å². The molecule has 19 heavy (non-hydrogen) atoms. The maximum Gasteiger partial charge on any atom is 0.331 e. The monoisotopic (exact) mass is 357 g/mol. The van der Waals surface area contributed by atoms with Crippen LogP contribution in [0, 0.1) is 5.82 Å². The first kappa shape index (κ1) is 14.6. The molecule has 0 amide bonds. The van der Waals surface area contributed by atoms with E-state index >= 15 is 0 Å². The Hall–Kier alpha value is -0.760. The van der Waals surface area contributed by atoms with E-state index in [2.05, 4.69) is 4.98 Å². The number of oxazole rings is 1. The van der Waals surface area contributed by atoms with Gasteiger partial charge in [-0.2, -0.15) is 8.78 Å². The molecule has 0 aliphatic heterocycles. The Balaban J connectivity index is 1.97. The zero-order chi connectivity index (χ0) is 14.0. The number of rotatable bonds is 5. The Morgan fingerprint density at radius 3 is 2.79 bits per heavy atom. The van der Waals surface area contributed by atoms with Crippen molar-refractivity contribution < 1.29 is 22.0 Å². The average Bonchev–Trinajstić information content (AvgIpc) is 2.72. The Kier molecular flexibility index (Phi) is 4.39. The summed E-state index contributed by atoms with van der Waals surface area (Å²) in [4.78, 5) is 0.427. The van der Waals surface area contributed by atoms with Gasteiger partial charge in [-0.1, -0.05) is 17.8 Å². The summed E-state index contributed by atoms with van der Waals surface area (Å²) in [6, 6.07) is 4.28. The van der Waals surface area contributed by atoms with E-state index in [1.807, 2.05) is 15.9 Å². The highest BCUT2D eigenvalue weighted by Gasteiger charge is 2.36. The molecule has 0 aliphatic rings. The number of hydrogen-bond donors (Lipinski definition) is 0. The molecule has 1 unspecified atom stereocenters. The topological polar surface area (TPSA) is 26.0 Å². The molecule has 0 bridgehead atoms. The summed E-state index contributed by atoms with van der Waals surface area (Å²) < 4.78 is 56.4. The largest absolute Gasteiger partial charge is 0.428 e. The summed E-state index contributed by atoms with van der Waals surface area (Å²) in [5.41, 5.74) is 0.345. The summed E-state index contributed by atoms with van der Waals surface area (Å²) in [6.45, 7) is 0. The Bertz CT molecular complexity index is 571. The molecule has 2 nitrogen and oxygen atoms in total. The van der Waals surface area contributed by atoms with Crippen LogP contribution < -0.4 is 0 Å². The summed E-state index contributed by atoms with van der Waals surface area (Å²) in [7, 11) is 0. The average molecular weight is 358 g/mol. The van der Waals surface area contributed by atoms with Gasteiger partial charge in [0.15, 0.2) is 17.6 Å². The van der Waals surface area contributed by atoms with Gasteiger partial charge in [0.25, 0.3) is 5.22 Å². The fourth-order valence-corrected chi connectivity index (χ4v) is 2.40. The zero-order valence-electron chi connectivity index (χ0n) is 9.38. The molecule has 2 rings (SSSR count). The van der Waals surface area contributed by atoms with Crippen molar-refractivity contribution in [1.82, 2.24) is 4.98 Å². The lowest BCUT2D eigenvalue weighted by Crippen LogP contribution is -2.22. The van der Waals surface area contributed by atoms with E-state index in [1.54, 1.807) is 6.07 Å². The first-order chi connectivity index (χ1) is 8.88. The van der Waals surface area contributed by atoms with Crippen LogP contribution in [-0.4, -0.2) is 21.7 Å². The van der Waals surface area contributed by atoms with E-state index in [4.69, 9.17) is 4.42 Å². The second kappa shape index (κ2) is 5.70. The van der Waals surface area contributed by atoms with Gasteiger partial charge in [-0.15, -0.1) is 0 Å². The summed E-state index contributed by atoms with van der Waals surface area (Å²) in [5.74, 6) is -0.497. The number of alkyl halides is 4. The molecule has 1 atom stereocenters. The Morgan fingerprint density at radius 2 is 2.16 bits per heavy atom. The SMILES string of the molecule is Fc1cccc2nc(SCCC(F)C(F)(F)Br)oc12. The van der Waals surface area contributed by atoms with E-state index in [0.29, 0.717) is 5.52 Å². The molecule has 0 aliphatic carbocycles. The first-order valence-corrected chi connectivity index (χ1v) is 7.04. The van der Waals surface area contributed by atoms with Gasteiger partial charge in [0.05, 0.1) is 0 Å². The molecule has 0 N–H and O–H groups in total. The molecular weight excluding hydrogens is 350 g/mol. The van der Waals surface area contributed by atoms with E-state index < -0.39 is 16.8 Å². The third-order valence-electron chi connectivity index (χ3n) is 2.30. The number of fused-ring (bicyclic) bond motifs is 1. The Labute approximate surface area is 118 Å². The molecule has 0 radical (unpaired) electrons. The standard InChI is InChI=1S/C11H8BrF4NOS/c12-11(15,16)8(14)4-5-19-10-17-7-3-1-2-6(13)9(7)18-10/h1-3,8H,4-5H2. The lowest BCUT2D eigenvalue weighted by Gasteiger charge is -2.12. The molecule has 0 saturated carbocycles. The second-order valence-electron chi connectivity index (χ2n) is 3.71. The van der Waals surface area contributed by atoms with Crippen molar-refractivity contribution in [2.45, 2.75) is 22.6 Å². The molecule has 0 fully saturated rings. The maximum absolute atomic E-state index is 13.3. The van der Waals surface area contributed by atoms with Gasteiger partial charge in [-0.05, 0) is 34.5 Å². The number of hydrogen-bond acceptors (Lipinski definition) is 3. The molecule has 0 saturated heterocycles. The zero-order valence-corrected chi connectivity index (χ0v) is 11.8. The quantitative estimate of drug-likeness (QED) is 0.437. The van der Waals surface area contributed by atoms with Crippen molar-refractivity contribution in [2.24, 2.45) is 0 Å². The van der Waals surface area contributed by atoms with Crippen molar-refractivity contribution in [1.29, 1.82) is 0 Å². The summed E-state index contributed by atoms with van der Waals surface area (Å²) in [5, 5.41) is 0.130. The number of thioether (sulfide) groups is 1.